The Morgan fingerprint density at radius 1 is 1.12 bits per heavy atom. The summed E-state index contributed by atoms with van der Waals surface area (Å²) in [7, 11) is 1.54. The van der Waals surface area contributed by atoms with Crippen molar-refractivity contribution in [1.29, 1.82) is 0 Å². The van der Waals surface area contributed by atoms with Crippen LogP contribution in [0.1, 0.15) is 10.4 Å². The minimum absolute atomic E-state index is 0.0177. The number of hydrogen-bond acceptors (Lipinski definition) is 6. The monoisotopic (exact) mass is 346 g/mol. The van der Waals surface area contributed by atoms with E-state index in [4.69, 9.17) is 17.0 Å². The second kappa shape index (κ2) is 7.88. The van der Waals surface area contributed by atoms with Crippen molar-refractivity contribution in [3.05, 3.63) is 64.2 Å². The first-order chi connectivity index (χ1) is 11.5. The highest BCUT2D eigenvalue weighted by atomic mass is 32.1. The Hall–Kier alpha value is -3.20. The van der Waals surface area contributed by atoms with Gasteiger partial charge in [0.15, 0.2) is 5.11 Å². The number of methoxy groups -OCH3 is 1. The standard InChI is InChI=1S/C15H14N4O4S/c1-23-13-8-2-10(3-9-13)14(20)16-15(24)18-17-11-4-6-12(7-5-11)19(21)22/h2-9,17H,1H3,(H2,16,18,20,24). The predicted molar refractivity (Wildman–Crippen MR) is 92.9 cm³/mol. The Kier molecular flexibility index (Phi) is 5.63. The van der Waals surface area contributed by atoms with E-state index in [9.17, 15) is 14.9 Å². The summed E-state index contributed by atoms with van der Waals surface area (Å²) in [6.07, 6.45) is 0. The fraction of sp³-hybridized carbons (Fsp3) is 0.0667. The van der Waals surface area contributed by atoms with E-state index in [0.717, 1.165) is 0 Å². The zero-order valence-corrected chi connectivity index (χ0v) is 13.4. The molecule has 0 aromatic heterocycles. The van der Waals surface area contributed by atoms with Crippen molar-refractivity contribution in [2.45, 2.75) is 0 Å². The number of non-ortho nitro benzene ring substituents is 1. The molecule has 2 aromatic carbocycles. The molecular formula is C15H14N4O4S. The maximum absolute atomic E-state index is 12.0. The van der Waals surface area contributed by atoms with Crippen LogP contribution in [0.15, 0.2) is 48.5 Å². The van der Waals surface area contributed by atoms with Gasteiger partial charge >= 0.3 is 0 Å². The average Bonchev–Trinajstić information content (AvgIpc) is 2.60. The van der Waals surface area contributed by atoms with Gasteiger partial charge in [-0.2, -0.15) is 0 Å². The maximum Gasteiger partial charge on any atom is 0.269 e. The van der Waals surface area contributed by atoms with Crippen LogP contribution in [0.3, 0.4) is 0 Å². The average molecular weight is 346 g/mol. The van der Waals surface area contributed by atoms with E-state index in [2.05, 4.69) is 16.2 Å². The number of ether oxygens (including phenoxy) is 1. The van der Waals surface area contributed by atoms with Crippen molar-refractivity contribution in [1.82, 2.24) is 10.7 Å². The van der Waals surface area contributed by atoms with Gasteiger partial charge in [0.05, 0.1) is 17.7 Å². The molecule has 0 spiro atoms. The van der Waals surface area contributed by atoms with Crippen LogP contribution in [0.2, 0.25) is 0 Å². The number of nitrogens with one attached hydrogen (secondary N) is 3. The minimum Gasteiger partial charge on any atom is -0.497 e. The molecule has 0 radical (unpaired) electrons. The molecule has 0 saturated carbocycles. The molecule has 9 heteroatoms. The minimum atomic E-state index is -0.489. The number of nitrogens with zero attached hydrogens (tertiary/aromatic N) is 1. The third-order valence-electron chi connectivity index (χ3n) is 2.98. The summed E-state index contributed by atoms with van der Waals surface area (Å²) < 4.78 is 5.02. The van der Waals surface area contributed by atoms with Crippen LogP contribution in [0.25, 0.3) is 0 Å². The number of carbonyl (C=O) groups excluding carboxylic acids is 1. The summed E-state index contributed by atoms with van der Waals surface area (Å²) in [5, 5.41) is 13.1. The topological polar surface area (TPSA) is 106 Å². The number of hydrogen-bond donors (Lipinski definition) is 3. The second-order valence-corrected chi connectivity index (χ2v) is 4.97. The van der Waals surface area contributed by atoms with Gasteiger partial charge < -0.3 is 4.74 Å². The molecule has 24 heavy (non-hydrogen) atoms. The number of rotatable bonds is 5. The molecule has 0 heterocycles. The zero-order chi connectivity index (χ0) is 17.5. The predicted octanol–water partition coefficient (Wildman–Crippen LogP) is 2.23. The molecular weight excluding hydrogens is 332 g/mol. The molecule has 0 fully saturated rings. The number of amides is 1. The maximum atomic E-state index is 12.0. The lowest BCUT2D eigenvalue weighted by atomic mass is 10.2. The molecule has 124 valence electrons. The third kappa shape index (κ3) is 4.65. The molecule has 2 aromatic rings. The van der Waals surface area contributed by atoms with Crippen molar-refractivity contribution in [2.24, 2.45) is 0 Å². The summed E-state index contributed by atoms with van der Waals surface area (Å²) in [6, 6.07) is 12.3. The van der Waals surface area contributed by atoms with Crippen molar-refractivity contribution >= 4 is 34.6 Å². The third-order valence-corrected chi connectivity index (χ3v) is 3.18. The molecule has 3 N–H and O–H groups in total. The lowest BCUT2D eigenvalue weighted by molar-refractivity contribution is -0.384. The first-order valence-electron chi connectivity index (χ1n) is 6.75. The van der Waals surface area contributed by atoms with Crippen molar-refractivity contribution < 1.29 is 14.5 Å². The van der Waals surface area contributed by atoms with Crippen LogP contribution >= 0.6 is 12.2 Å². The molecule has 0 unspecified atom stereocenters. The highest BCUT2D eigenvalue weighted by Gasteiger charge is 2.08. The lowest BCUT2D eigenvalue weighted by Crippen LogP contribution is -2.41. The molecule has 1 amide bonds. The number of thiocarbonyl (C=S) groups is 1. The van der Waals surface area contributed by atoms with Crippen LogP contribution in [-0.2, 0) is 0 Å². The number of hydrazine groups is 1. The van der Waals surface area contributed by atoms with Crippen LogP contribution in [0.5, 0.6) is 5.75 Å². The van der Waals surface area contributed by atoms with Crippen LogP contribution in [0, 0.1) is 10.1 Å². The van der Waals surface area contributed by atoms with Crippen LogP contribution in [-0.4, -0.2) is 23.1 Å². The van der Waals surface area contributed by atoms with E-state index in [-0.39, 0.29) is 16.7 Å². The first-order valence-corrected chi connectivity index (χ1v) is 7.16. The van der Waals surface area contributed by atoms with Gasteiger partial charge in [-0.05, 0) is 48.6 Å². The molecule has 0 bridgehead atoms. The number of benzene rings is 2. The SMILES string of the molecule is COc1ccc(C(=O)NC(=S)NNc2ccc([N+](=O)[O-])cc2)cc1. The molecule has 2 rings (SSSR count). The molecule has 0 aliphatic heterocycles. The summed E-state index contributed by atoms with van der Waals surface area (Å²) >= 11 is 5.01. The Labute approximate surface area is 142 Å². The Morgan fingerprint density at radius 2 is 1.75 bits per heavy atom. The summed E-state index contributed by atoms with van der Waals surface area (Å²) in [6.45, 7) is 0. The van der Waals surface area contributed by atoms with Crippen LogP contribution < -0.4 is 20.9 Å². The smallest absolute Gasteiger partial charge is 0.269 e. The number of carbonyl (C=O) groups is 1. The molecule has 0 aliphatic rings. The summed E-state index contributed by atoms with van der Waals surface area (Å²) in [4.78, 5) is 22.1. The van der Waals surface area contributed by atoms with Gasteiger partial charge in [-0.15, -0.1) is 0 Å². The van der Waals surface area contributed by atoms with E-state index in [1.54, 1.807) is 24.3 Å². The van der Waals surface area contributed by atoms with E-state index >= 15 is 0 Å². The van der Waals surface area contributed by atoms with Gasteiger partial charge in [-0.1, -0.05) is 0 Å². The number of nitro benzene ring substituents is 1. The highest BCUT2D eigenvalue weighted by Crippen LogP contribution is 2.14. The second-order valence-electron chi connectivity index (χ2n) is 4.57. The Balaban J connectivity index is 1.85. The van der Waals surface area contributed by atoms with Crippen LogP contribution in [0.4, 0.5) is 11.4 Å². The molecule has 8 nitrogen and oxygen atoms in total. The number of anilines is 1. The van der Waals surface area contributed by atoms with E-state index < -0.39 is 4.92 Å². The fourth-order valence-electron chi connectivity index (χ4n) is 1.74. The normalized spacial score (nSPS) is 9.71. The quantitative estimate of drug-likeness (QED) is 0.433. The molecule has 0 atom stereocenters. The van der Waals surface area contributed by atoms with Crippen molar-refractivity contribution in [3.8, 4) is 5.75 Å². The Bertz CT molecular complexity index is 747. The van der Waals surface area contributed by atoms with Crippen molar-refractivity contribution in [2.75, 3.05) is 12.5 Å². The lowest BCUT2D eigenvalue weighted by Gasteiger charge is -2.11. The molecule has 0 saturated heterocycles. The van der Waals surface area contributed by atoms with E-state index in [0.29, 0.717) is 17.0 Å². The van der Waals surface area contributed by atoms with E-state index in [1.807, 2.05) is 0 Å². The van der Waals surface area contributed by atoms with Gasteiger partial charge in [0.2, 0.25) is 0 Å². The van der Waals surface area contributed by atoms with E-state index in [1.165, 1.54) is 31.4 Å². The van der Waals surface area contributed by atoms with Gasteiger partial charge in [0.1, 0.15) is 5.75 Å². The fourth-order valence-corrected chi connectivity index (χ4v) is 1.89. The summed E-state index contributed by atoms with van der Waals surface area (Å²) in [5.74, 6) is 0.271. The van der Waals surface area contributed by atoms with Crippen molar-refractivity contribution in [3.63, 3.8) is 0 Å². The van der Waals surface area contributed by atoms with Gasteiger partial charge in [0.25, 0.3) is 11.6 Å². The Morgan fingerprint density at radius 3 is 2.29 bits per heavy atom. The zero-order valence-electron chi connectivity index (χ0n) is 12.6. The van der Waals surface area contributed by atoms with Gasteiger partial charge in [-0.25, -0.2) is 0 Å². The summed E-state index contributed by atoms with van der Waals surface area (Å²) in [5.41, 5.74) is 6.33. The number of nitro groups is 1. The molecule has 0 aliphatic carbocycles. The highest BCUT2D eigenvalue weighted by molar-refractivity contribution is 7.80. The van der Waals surface area contributed by atoms with Gasteiger partial charge in [0, 0.05) is 17.7 Å². The first kappa shape index (κ1) is 17.2. The van der Waals surface area contributed by atoms with Gasteiger partial charge in [-0.3, -0.25) is 31.1 Å². The largest absolute Gasteiger partial charge is 0.497 e.